The van der Waals surface area contributed by atoms with Gasteiger partial charge in [0.15, 0.2) is 0 Å². The topological polar surface area (TPSA) is 557 Å². The fourth-order valence-electron chi connectivity index (χ4n) is 10.3. The first-order valence-corrected chi connectivity index (χ1v) is 34.8. The molecule has 33 nitrogen and oxygen atoms in total. The number of benzene rings is 1. The van der Waals surface area contributed by atoms with Crippen LogP contribution in [0.15, 0.2) is 24.3 Å². The van der Waals surface area contributed by atoms with Crippen LogP contribution in [0.25, 0.3) is 0 Å². The molecule has 0 heterocycles. The Morgan fingerprint density at radius 3 is 1.06 bits per heavy atom. The summed E-state index contributed by atoms with van der Waals surface area (Å²) in [6.07, 6.45) is 2.94. The number of carbonyl (C=O) groups excluding carboxylic acids is 12. The third kappa shape index (κ3) is 33.4. The van der Waals surface area contributed by atoms with Crippen molar-refractivity contribution in [3.05, 3.63) is 29.8 Å². The summed E-state index contributed by atoms with van der Waals surface area (Å²) >= 11 is 0. The molecule has 14 atom stereocenters. The first kappa shape index (κ1) is 89.9. The summed E-state index contributed by atoms with van der Waals surface area (Å²) in [6, 6.07) is -11.4. The molecule has 0 aliphatic carbocycles. The Balaban J connectivity index is 3.33. The first-order chi connectivity index (χ1) is 46.9. The number of nitrogens with two attached hydrogens (primary N) is 5. The highest BCUT2D eigenvalue weighted by molar-refractivity contribution is 6.00. The van der Waals surface area contributed by atoms with Gasteiger partial charge in [0.1, 0.15) is 78.3 Å². The highest BCUT2D eigenvalue weighted by atomic mass is 16.4. The zero-order valence-corrected chi connectivity index (χ0v) is 60.5. The van der Waals surface area contributed by atoms with Gasteiger partial charge >= 0.3 is 5.97 Å². The van der Waals surface area contributed by atoms with Gasteiger partial charge in [0.25, 0.3) is 0 Å². The fraction of sp³-hybridized carbons (Fsp3) is 0.716. The van der Waals surface area contributed by atoms with Gasteiger partial charge in [0.2, 0.25) is 70.9 Å². The van der Waals surface area contributed by atoms with Crippen molar-refractivity contribution >= 4 is 76.9 Å². The highest BCUT2D eigenvalue weighted by Crippen LogP contribution is 2.16. The molecule has 568 valence electrons. The monoisotopic (exact) mass is 1420 g/mol. The molecule has 0 fully saturated rings. The minimum Gasteiger partial charge on any atom is -0.508 e. The number of hydrogen-bond donors (Lipinski definition) is 20. The van der Waals surface area contributed by atoms with Gasteiger partial charge in [0, 0.05) is 6.42 Å². The van der Waals surface area contributed by atoms with E-state index in [-0.39, 0.29) is 50.3 Å². The summed E-state index contributed by atoms with van der Waals surface area (Å²) in [4.78, 5) is 178. The number of carboxylic acids is 1. The van der Waals surface area contributed by atoms with E-state index in [2.05, 4.69) is 63.8 Å². The number of carboxylic acid groups (broad SMARTS) is 1. The minimum absolute atomic E-state index is 0.0672. The molecule has 0 saturated heterocycles. The minimum atomic E-state index is -1.77. The number of phenols is 1. The van der Waals surface area contributed by atoms with Crippen LogP contribution in [0.2, 0.25) is 0 Å². The average molecular weight is 1420 g/mol. The average Bonchev–Trinajstić information content (AvgIpc) is 0.870. The van der Waals surface area contributed by atoms with Crippen molar-refractivity contribution in [2.24, 2.45) is 52.3 Å². The molecule has 0 radical (unpaired) electrons. The second-order valence-corrected chi connectivity index (χ2v) is 27.0. The van der Waals surface area contributed by atoms with Crippen LogP contribution in [0.4, 0.5) is 0 Å². The van der Waals surface area contributed by atoms with E-state index in [0.29, 0.717) is 83.0 Å². The Morgan fingerprint density at radius 1 is 0.350 bits per heavy atom. The van der Waals surface area contributed by atoms with Crippen molar-refractivity contribution in [1.82, 2.24) is 63.8 Å². The second-order valence-electron chi connectivity index (χ2n) is 27.0. The molecule has 12 amide bonds. The maximum atomic E-state index is 14.3. The lowest BCUT2D eigenvalue weighted by Gasteiger charge is -2.30. The van der Waals surface area contributed by atoms with E-state index >= 15 is 0 Å². The third-order valence-electron chi connectivity index (χ3n) is 16.4. The lowest BCUT2D eigenvalue weighted by molar-refractivity contribution is -0.143. The van der Waals surface area contributed by atoms with Crippen molar-refractivity contribution < 1.29 is 77.6 Å². The number of amides is 12. The SMILES string of the molecule is CC(C)C[C@H](NC(=O)[C@H](C)NC(=O)[C@H](Cc1ccc(O)cc1)NC(=O)[C@@H](NC(=O)[C@H](C)NC(=O)[C@H](C)NC(=O)[C@@H](NC(=O)[C@@H](NC(=O)[C@H](CCCCN)NC(=O)[C@H](CCCCN)NC(=O)[C@H](CCCCN)NC(=O)[C@@H](N)CCCCN)C(C)C)C(C)C)[C@@H](C)O)C(=O)N[C@H](C(=O)O)C(C)C. The molecule has 0 bridgehead atoms. The maximum absolute atomic E-state index is 14.3. The maximum Gasteiger partial charge on any atom is 0.326 e. The predicted molar refractivity (Wildman–Crippen MR) is 375 cm³/mol. The van der Waals surface area contributed by atoms with Crippen molar-refractivity contribution in [3.63, 3.8) is 0 Å². The molecular weight excluding hydrogens is 1300 g/mol. The Morgan fingerprint density at radius 2 is 0.650 bits per heavy atom. The van der Waals surface area contributed by atoms with Crippen LogP contribution in [0.5, 0.6) is 5.75 Å². The highest BCUT2D eigenvalue weighted by Gasteiger charge is 2.38. The number of aromatic hydroxyl groups is 1. The molecular formula is C67H119N17O16. The molecule has 0 aliphatic rings. The molecule has 0 aromatic heterocycles. The number of hydrogen-bond acceptors (Lipinski definition) is 20. The number of aliphatic hydroxyl groups is 1. The zero-order chi connectivity index (χ0) is 76.1. The van der Waals surface area contributed by atoms with Gasteiger partial charge in [-0.2, -0.15) is 0 Å². The Labute approximate surface area is 587 Å². The van der Waals surface area contributed by atoms with Crippen molar-refractivity contribution in [3.8, 4) is 5.75 Å². The Bertz CT molecular complexity index is 2790. The summed E-state index contributed by atoms with van der Waals surface area (Å²) in [5.74, 6) is -13.1. The number of carbonyl (C=O) groups is 13. The quantitative estimate of drug-likeness (QED) is 0.0292. The summed E-state index contributed by atoms with van der Waals surface area (Å²) in [5, 5.41) is 61.4. The molecule has 0 unspecified atom stereocenters. The normalized spacial score (nSPS) is 15.6. The first-order valence-electron chi connectivity index (χ1n) is 34.8. The van der Waals surface area contributed by atoms with Crippen LogP contribution in [0.1, 0.15) is 172 Å². The van der Waals surface area contributed by atoms with Crippen molar-refractivity contribution in [2.75, 3.05) is 26.2 Å². The third-order valence-corrected chi connectivity index (χ3v) is 16.4. The fourth-order valence-corrected chi connectivity index (χ4v) is 10.3. The smallest absolute Gasteiger partial charge is 0.326 e. The largest absolute Gasteiger partial charge is 0.508 e. The molecule has 1 aromatic carbocycles. The van der Waals surface area contributed by atoms with Crippen LogP contribution < -0.4 is 92.5 Å². The molecule has 0 spiro atoms. The van der Waals surface area contributed by atoms with Gasteiger partial charge in [-0.3, -0.25) is 57.5 Å². The van der Waals surface area contributed by atoms with E-state index in [1.807, 2.05) is 0 Å². The molecule has 0 saturated carbocycles. The van der Waals surface area contributed by atoms with Gasteiger partial charge in [-0.15, -0.1) is 0 Å². The van der Waals surface area contributed by atoms with E-state index in [4.69, 9.17) is 28.7 Å². The van der Waals surface area contributed by atoms with Gasteiger partial charge in [-0.25, -0.2) is 4.79 Å². The van der Waals surface area contributed by atoms with Crippen molar-refractivity contribution in [2.45, 2.75) is 258 Å². The van der Waals surface area contributed by atoms with E-state index in [1.165, 1.54) is 52.0 Å². The molecule has 33 heteroatoms. The zero-order valence-electron chi connectivity index (χ0n) is 60.5. The van der Waals surface area contributed by atoms with E-state index in [1.54, 1.807) is 55.4 Å². The van der Waals surface area contributed by atoms with Crippen LogP contribution in [0, 0.1) is 23.7 Å². The number of unbranched alkanes of at least 4 members (excludes halogenated alkanes) is 4. The lowest BCUT2D eigenvalue weighted by Crippen LogP contribution is -2.62. The Hall–Kier alpha value is -8.11. The Kier molecular flexibility index (Phi) is 42.3. The van der Waals surface area contributed by atoms with Crippen LogP contribution in [-0.2, 0) is 68.7 Å². The number of nitrogens with one attached hydrogen (secondary N) is 12. The predicted octanol–water partition coefficient (Wildman–Crippen LogP) is -2.87. The number of rotatable bonds is 49. The number of aliphatic carboxylic acids is 1. The summed E-state index contributed by atoms with van der Waals surface area (Å²) in [5.41, 5.74) is 29.5. The van der Waals surface area contributed by atoms with Crippen LogP contribution in [-0.4, -0.2) is 203 Å². The van der Waals surface area contributed by atoms with E-state index in [9.17, 15) is 77.6 Å². The molecule has 1 rings (SSSR count). The van der Waals surface area contributed by atoms with E-state index < -0.39 is 179 Å². The second kappa shape index (κ2) is 47.1. The summed E-state index contributed by atoms with van der Waals surface area (Å²) in [6.45, 7) is 19.6. The standard InChI is InChI=1S/C67H119N17O16/c1-35(2)33-49(63(95)83-53(38(7)8)67(99)100)79-56(88)40(10)74-62(94)50(34-43-25-27-44(86)28-26-43)80-66(98)54(42(12)85)84-57(89)41(11)73-55(87)39(9)75-64(96)51(36(3)4)82-65(97)52(37(5)6)81-61(93)48(24-16-20-32-71)78-60(92)47(23-15-19-31-70)77-59(91)46(22-14-18-30-69)76-58(90)45(72)21-13-17-29-68/h25-28,35-42,45-54,85-86H,13-24,29-34,68-72H2,1-12H3,(H,73,87)(H,74,94)(H,75,96)(H,76,90)(H,77,91)(H,78,92)(H,79,88)(H,80,98)(H,81,93)(H,82,97)(H,83,95)(H,84,89)(H,99,100)/t39-,40-,41-,42+,45-,46-,47-,48-,49-,50-,51-,52-,53-,54-/m0/s1. The van der Waals surface area contributed by atoms with E-state index in [0.717, 1.165) is 0 Å². The lowest BCUT2D eigenvalue weighted by atomic mass is 9.98. The van der Waals surface area contributed by atoms with Crippen LogP contribution >= 0.6 is 0 Å². The van der Waals surface area contributed by atoms with Gasteiger partial charge in [-0.05, 0) is 172 Å². The van der Waals surface area contributed by atoms with Crippen molar-refractivity contribution in [1.29, 1.82) is 0 Å². The summed E-state index contributed by atoms with van der Waals surface area (Å²) < 4.78 is 0. The molecule has 25 N–H and O–H groups in total. The summed E-state index contributed by atoms with van der Waals surface area (Å²) in [7, 11) is 0. The van der Waals surface area contributed by atoms with Gasteiger partial charge in [0.05, 0.1) is 12.1 Å². The molecule has 1 aromatic rings. The molecule has 100 heavy (non-hydrogen) atoms. The van der Waals surface area contributed by atoms with Crippen LogP contribution in [0.3, 0.4) is 0 Å². The molecule has 0 aliphatic heterocycles. The van der Waals surface area contributed by atoms with Gasteiger partial charge < -0.3 is 108 Å². The number of aliphatic hydroxyl groups excluding tert-OH is 1. The number of phenolic OH excluding ortho intramolecular Hbond substituents is 1. The van der Waals surface area contributed by atoms with Gasteiger partial charge in [-0.1, -0.05) is 73.9 Å².